The van der Waals surface area contributed by atoms with E-state index in [0.717, 1.165) is 18.5 Å². The van der Waals surface area contributed by atoms with Crippen molar-refractivity contribution in [1.82, 2.24) is 15.0 Å². The van der Waals surface area contributed by atoms with Gasteiger partial charge in [-0.3, -0.25) is 9.59 Å². The number of nitrogens with zero attached hydrogens (tertiary/aromatic N) is 4. The van der Waals surface area contributed by atoms with Gasteiger partial charge in [0.2, 0.25) is 0 Å². The maximum absolute atomic E-state index is 12.9. The van der Waals surface area contributed by atoms with Crippen LogP contribution in [0.3, 0.4) is 0 Å². The third-order valence-electron chi connectivity index (χ3n) is 5.36. The summed E-state index contributed by atoms with van der Waals surface area (Å²) >= 11 is 5.92. The number of hydrogen-bond donors (Lipinski definition) is 0. The van der Waals surface area contributed by atoms with Crippen LogP contribution < -0.4 is 14.4 Å². The standard InChI is InChI=1S/C22H19ClN4O4/c1-30-20-10-16(8-9-19(20)31-12-18(28)13-2-3-13)26-11-17-21(22(26)29)25-27(24-17)15-6-4-14(23)5-7-15/h4-10,13H,2-3,11-12H2,1H3. The largest absolute Gasteiger partial charge is 0.493 e. The summed E-state index contributed by atoms with van der Waals surface area (Å²) in [6.45, 7) is 0.322. The molecular formula is C22H19ClN4O4. The van der Waals surface area contributed by atoms with Gasteiger partial charge < -0.3 is 14.4 Å². The number of ketones is 1. The zero-order chi connectivity index (χ0) is 21.5. The van der Waals surface area contributed by atoms with Crippen LogP contribution in [0.2, 0.25) is 5.02 Å². The number of aromatic nitrogens is 3. The Morgan fingerprint density at radius 1 is 1.10 bits per heavy atom. The SMILES string of the molecule is COc1cc(N2Cc3nn(-c4ccc(Cl)cc4)nc3C2=O)ccc1OCC(=O)C1CC1. The zero-order valence-corrected chi connectivity index (χ0v) is 17.5. The molecule has 0 spiro atoms. The van der Waals surface area contributed by atoms with Crippen molar-refractivity contribution in [2.45, 2.75) is 19.4 Å². The molecule has 158 valence electrons. The molecule has 5 rings (SSSR count). The van der Waals surface area contributed by atoms with E-state index in [-0.39, 0.29) is 24.2 Å². The van der Waals surface area contributed by atoms with Crippen molar-refractivity contribution in [3.05, 3.63) is 58.9 Å². The van der Waals surface area contributed by atoms with Crippen LogP contribution in [0, 0.1) is 5.92 Å². The topological polar surface area (TPSA) is 86.6 Å². The monoisotopic (exact) mass is 438 g/mol. The molecule has 2 aliphatic rings. The Hall–Kier alpha value is -3.39. The Bertz CT molecular complexity index is 1170. The lowest BCUT2D eigenvalue weighted by molar-refractivity contribution is -0.122. The Balaban J connectivity index is 1.33. The minimum Gasteiger partial charge on any atom is -0.493 e. The van der Waals surface area contributed by atoms with Crippen LogP contribution >= 0.6 is 11.6 Å². The highest BCUT2D eigenvalue weighted by atomic mass is 35.5. The highest BCUT2D eigenvalue weighted by Gasteiger charge is 2.34. The third kappa shape index (κ3) is 3.74. The van der Waals surface area contributed by atoms with Gasteiger partial charge in [0.15, 0.2) is 23.0 Å². The van der Waals surface area contributed by atoms with Gasteiger partial charge in [0.1, 0.15) is 12.3 Å². The number of amides is 1. The van der Waals surface area contributed by atoms with Gasteiger partial charge in [-0.05, 0) is 49.2 Å². The molecule has 1 aromatic heterocycles. The Labute approximate surface area is 183 Å². The molecular weight excluding hydrogens is 420 g/mol. The first kappa shape index (κ1) is 19.6. The molecule has 2 heterocycles. The van der Waals surface area contributed by atoms with E-state index >= 15 is 0 Å². The molecule has 0 atom stereocenters. The number of ether oxygens (including phenoxy) is 2. The maximum atomic E-state index is 12.9. The van der Waals surface area contributed by atoms with Crippen molar-refractivity contribution in [2.24, 2.45) is 5.92 Å². The van der Waals surface area contributed by atoms with Gasteiger partial charge in [-0.2, -0.15) is 9.90 Å². The van der Waals surface area contributed by atoms with E-state index < -0.39 is 0 Å². The normalized spacial score (nSPS) is 15.2. The number of halogens is 1. The van der Waals surface area contributed by atoms with E-state index in [9.17, 15) is 9.59 Å². The number of carbonyl (C=O) groups is 2. The van der Waals surface area contributed by atoms with Gasteiger partial charge in [-0.15, -0.1) is 5.10 Å². The highest BCUT2D eigenvalue weighted by molar-refractivity contribution is 6.30. The molecule has 31 heavy (non-hydrogen) atoms. The van der Waals surface area contributed by atoms with Crippen LogP contribution in [-0.2, 0) is 11.3 Å². The van der Waals surface area contributed by atoms with Crippen molar-refractivity contribution in [3.8, 4) is 17.2 Å². The van der Waals surface area contributed by atoms with E-state index in [0.29, 0.717) is 40.1 Å². The first-order valence-electron chi connectivity index (χ1n) is 9.91. The zero-order valence-electron chi connectivity index (χ0n) is 16.7. The van der Waals surface area contributed by atoms with Gasteiger partial charge in [-0.1, -0.05) is 11.6 Å². The molecule has 0 unspecified atom stereocenters. The minimum atomic E-state index is -0.241. The molecule has 1 amide bonds. The summed E-state index contributed by atoms with van der Waals surface area (Å²) in [6.07, 6.45) is 1.89. The van der Waals surface area contributed by atoms with Gasteiger partial charge in [-0.25, -0.2) is 0 Å². The average molecular weight is 439 g/mol. The summed E-state index contributed by atoms with van der Waals surface area (Å²) in [5, 5.41) is 9.43. The lowest BCUT2D eigenvalue weighted by Crippen LogP contribution is -2.24. The molecule has 1 fully saturated rings. The summed E-state index contributed by atoms with van der Waals surface area (Å²) in [5.74, 6) is 0.930. The molecule has 1 saturated carbocycles. The number of hydrogen-bond acceptors (Lipinski definition) is 6. The quantitative estimate of drug-likeness (QED) is 0.561. The predicted molar refractivity (Wildman–Crippen MR) is 113 cm³/mol. The lowest BCUT2D eigenvalue weighted by atomic mass is 10.2. The Morgan fingerprint density at radius 3 is 2.52 bits per heavy atom. The van der Waals surface area contributed by atoms with Crippen LogP contribution in [0.15, 0.2) is 42.5 Å². The van der Waals surface area contributed by atoms with Crippen molar-refractivity contribution in [2.75, 3.05) is 18.6 Å². The van der Waals surface area contributed by atoms with Crippen LogP contribution in [0.5, 0.6) is 11.5 Å². The number of Topliss-reactive ketones (excluding diaryl/α,β-unsaturated/α-hetero) is 1. The van der Waals surface area contributed by atoms with Crippen LogP contribution in [0.25, 0.3) is 5.69 Å². The highest BCUT2D eigenvalue weighted by Crippen LogP contribution is 2.36. The number of benzene rings is 2. The number of anilines is 1. The molecule has 3 aromatic rings. The van der Waals surface area contributed by atoms with Crippen LogP contribution in [-0.4, -0.2) is 40.4 Å². The van der Waals surface area contributed by atoms with E-state index in [1.807, 2.05) is 0 Å². The predicted octanol–water partition coefficient (Wildman–Crippen LogP) is 3.45. The summed E-state index contributed by atoms with van der Waals surface area (Å²) in [4.78, 5) is 27.9. The second-order valence-electron chi connectivity index (χ2n) is 7.52. The van der Waals surface area contributed by atoms with Crippen molar-refractivity contribution in [3.63, 3.8) is 0 Å². The Kier molecular flexibility index (Phi) is 4.86. The minimum absolute atomic E-state index is 0.0250. The van der Waals surface area contributed by atoms with E-state index in [2.05, 4.69) is 10.2 Å². The molecule has 0 bridgehead atoms. The number of fused-ring (bicyclic) bond motifs is 1. The number of rotatable bonds is 7. The fourth-order valence-corrected chi connectivity index (χ4v) is 3.60. The lowest BCUT2D eigenvalue weighted by Gasteiger charge is -2.18. The summed E-state index contributed by atoms with van der Waals surface area (Å²) in [7, 11) is 1.52. The second-order valence-corrected chi connectivity index (χ2v) is 7.95. The summed E-state index contributed by atoms with van der Waals surface area (Å²) in [5.41, 5.74) is 2.26. The molecule has 1 aliphatic heterocycles. The fourth-order valence-electron chi connectivity index (χ4n) is 3.47. The van der Waals surface area contributed by atoms with Crippen molar-refractivity contribution >= 4 is 29.0 Å². The van der Waals surface area contributed by atoms with E-state index in [1.165, 1.54) is 11.9 Å². The molecule has 0 N–H and O–H groups in total. The van der Waals surface area contributed by atoms with E-state index in [1.54, 1.807) is 47.4 Å². The smallest absolute Gasteiger partial charge is 0.281 e. The summed E-state index contributed by atoms with van der Waals surface area (Å²) in [6, 6.07) is 12.2. The van der Waals surface area contributed by atoms with Gasteiger partial charge in [0, 0.05) is 22.7 Å². The van der Waals surface area contributed by atoms with E-state index in [4.69, 9.17) is 21.1 Å². The first-order valence-corrected chi connectivity index (χ1v) is 10.3. The molecule has 1 aliphatic carbocycles. The molecule has 2 aromatic carbocycles. The summed E-state index contributed by atoms with van der Waals surface area (Å²) < 4.78 is 11.1. The average Bonchev–Trinajstić information content (AvgIpc) is 3.48. The molecule has 8 nitrogen and oxygen atoms in total. The second kappa shape index (κ2) is 7.70. The Morgan fingerprint density at radius 2 is 1.84 bits per heavy atom. The maximum Gasteiger partial charge on any atom is 0.281 e. The first-order chi connectivity index (χ1) is 15.0. The fraction of sp³-hybridized carbons (Fsp3) is 0.273. The number of methoxy groups -OCH3 is 1. The van der Waals surface area contributed by atoms with Crippen LogP contribution in [0.4, 0.5) is 5.69 Å². The number of carbonyl (C=O) groups excluding carboxylic acids is 2. The van der Waals surface area contributed by atoms with Gasteiger partial charge in [0.05, 0.1) is 19.3 Å². The third-order valence-corrected chi connectivity index (χ3v) is 5.61. The molecule has 0 saturated heterocycles. The van der Waals surface area contributed by atoms with Crippen molar-refractivity contribution in [1.29, 1.82) is 0 Å². The molecule has 0 radical (unpaired) electrons. The van der Waals surface area contributed by atoms with Gasteiger partial charge >= 0.3 is 0 Å². The van der Waals surface area contributed by atoms with Gasteiger partial charge in [0.25, 0.3) is 5.91 Å². The van der Waals surface area contributed by atoms with Crippen LogP contribution in [0.1, 0.15) is 29.0 Å². The molecule has 9 heteroatoms. The van der Waals surface area contributed by atoms with Crippen molar-refractivity contribution < 1.29 is 19.1 Å².